The molecule has 0 radical (unpaired) electrons. The van der Waals surface area contributed by atoms with E-state index in [2.05, 4.69) is 5.32 Å². The molecule has 0 aromatic heterocycles. The van der Waals surface area contributed by atoms with Gasteiger partial charge in [0.1, 0.15) is 12.7 Å². The van der Waals surface area contributed by atoms with Gasteiger partial charge in [-0.1, -0.05) is 30.3 Å². The van der Waals surface area contributed by atoms with Crippen molar-refractivity contribution in [3.63, 3.8) is 0 Å². The minimum Gasteiger partial charge on any atom is -0.481 e. The van der Waals surface area contributed by atoms with E-state index in [0.717, 1.165) is 5.56 Å². The summed E-state index contributed by atoms with van der Waals surface area (Å²) in [5, 5.41) is 12.0. The van der Waals surface area contributed by atoms with Gasteiger partial charge >= 0.3 is 12.1 Å². The molecule has 1 aromatic carbocycles. The molecular formula is C17H21NO6. The maximum atomic E-state index is 12.1. The summed E-state index contributed by atoms with van der Waals surface area (Å²) in [6, 6.07) is 8.58. The summed E-state index contributed by atoms with van der Waals surface area (Å²) in [6.45, 7) is 3.66. The fourth-order valence-corrected chi connectivity index (χ4v) is 3.31. The molecule has 1 heterocycles. The monoisotopic (exact) mass is 335 g/mol. The van der Waals surface area contributed by atoms with Crippen LogP contribution in [-0.2, 0) is 25.6 Å². The predicted octanol–water partition coefficient (Wildman–Crippen LogP) is 1.91. The smallest absolute Gasteiger partial charge is 0.407 e. The number of carboxylic acids is 1. The number of hydrogen-bond donors (Lipinski definition) is 2. The Morgan fingerprint density at radius 3 is 2.67 bits per heavy atom. The quantitative estimate of drug-likeness (QED) is 0.873. The molecule has 3 rings (SSSR count). The molecule has 0 spiro atoms. The van der Waals surface area contributed by atoms with Crippen LogP contribution in [0.25, 0.3) is 0 Å². The van der Waals surface area contributed by atoms with E-state index in [4.69, 9.17) is 14.2 Å². The molecule has 130 valence electrons. The second-order valence-electron chi connectivity index (χ2n) is 6.55. The van der Waals surface area contributed by atoms with E-state index in [-0.39, 0.29) is 12.7 Å². The molecular weight excluding hydrogens is 314 g/mol. The second kappa shape index (κ2) is 6.41. The van der Waals surface area contributed by atoms with Crippen LogP contribution < -0.4 is 5.32 Å². The van der Waals surface area contributed by atoms with Gasteiger partial charge in [0.15, 0.2) is 5.79 Å². The zero-order valence-corrected chi connectivity index (χ0v) is 13.6. The Kier molecular flexibility index (Phi) is 4.47. The van der Waals surface area contributed by atoms with Crippen LogP contribution in [0.3, 0.4) is 0 Å². The lowest BCUT2D eigenvalue weighted by Gasteiger charge is -2.25. The van der Waals surface area contributed by atoms with Crippen molar-refractivity contribution < 1.29 is 28.9 Å². The molecule has 7 nitrogen and oxygen atoms in total. The number of ether oxygens (including phenoxy) is 3. The van der Waals surface area contributed by atoms with E-state index in [0.29, 0.717) is 6.42 Å². The number of nitrogens with one attached hydrogen (secondary N) is 1. The lowest BCUT2D eigenvalue weighted by molar-refractivity contribution is -0.164. The van der Waals surface area contributed by atoms with Crippen LogP contribution in [0.2, 0.25) is 0 Å². The number of aliphatic carboxylic acids is 1. The van der Waals surface area contributed by atoms with Gasteiger partial charge in [0.05, 0.1) is 18.1 Å². The normalized spacial score (nSPS) is 30.6. The van der Waals surface area contributed by atoms with Crippen molar-refractivity contribution >= 4 is 12.1 Å². The molecule has 1 saturated carbocycles. The number of carbonyl (C=O) groups excluding carboxylic acids is 1. The summed E-state index contributed by atoms with van der Waals surface area (Å²) < 4.78 is 16.7. The molecule has 0 unspecified atom stereocenters. The highest BCUT2D eigenvalue weighted by Crippen LogP contribution is 2.41. The third-order valence-electron chi connectivity index (χ3n) is 4.31. The van der Waals surface area contributed by atoms with Gasteiger partial charge in [0.2, 0.25) is 0 Å². The van der Waals surface area contributed by atoms with Crippen molar-refractivity contribution in [2.75, 3.05) is 0 Å². The molecule has 2 fully saturated rings. The van der Waals surface area contributed by atoms with Crippen LogP contribution in [-0.4, -0.2) is 41.2 Å². The summed E-state index contributed by atoms with van der Waals surface area (Å²) in [4.78, 5) is 23.5. The highest BCUT2D eigenvalue weighted by molar-refractivity contribution is 5.74. The Morgan fingerprint density at radius 1 is 1.29 bits per heavy atom. The fraction of sp³-hybridized carbons (Fsp3) is 0.529. The molecule has 7 heteroatoms. The number of carbonyl (C=O) groups is 2. The fourth-order valence-electron chi connectivity index (χ4n) is 3.31. The maximum absolute atomic E-state index is 12.1. The Bertz CT molecular complexity index is 617. The van der Waals surface area contributed by atoms with Crippen molar-refractivity contribution in [3.05, 3.63) is 35.9 Å². The largest absolute Gasteiger partial charge is 0.481 e. The molecule has 1 saturated heterocycles. The second-order valence-corrected chi connectivity index (χ2v) is 6.55. The van der Waals surface area contributed by atoms with E-state index in [1.165, 1.54) is 0 Å². The van der Waals surface area contributed by atoms with Gasteiger partial charge in [-0.25, -0.2) is 4.79 Å². The maximum Gasteiger partial charge on any atom is 0.407 e. The van der Waals surface area contributed by atoms with Gasteiger partial charge in [-0.2, -0.15) is 0 Å². The number of alkyl carbamates (subject to hydrolysis) is 1. The SMILES string of the molecule is CC1(C)O[C@@H]2[C@H](NC(=O)OCc3ccccc3)[C@@H](C(=O)O)C[C@@H]2O1. The van der Waals surface area contributed by atoms with E-state index in [1.54, 1.807) is 13.8 Å². The molecule has 1 aliphatic heterocycles. The predicted molar refractivity (Wildman–Crippen MR) is 83.1 cm³/mol. The molecule has 0 bridgehead atoms. The molecule has 1 amide bonds. The summed E-state index contributed by atoms with van der Waals surface area (Å²) >= 11 is 0. The Hall–Kier alpha value is -2.12. The zero-order chi connectivity index (χ0) is 17.3. The number of rotatable bonds is 4. The van der Waals surface area contributed by atoms with Crippen molar-refractivity contribution in [3.8, 4) is 0 Å². The van der Waals surface area contributed by atoms with E-state index in [9.17, 15) is 14.7 Å². The molecule has 1 aromatic rings. The Balaban J connectivity index is 1.62. The third-order valence-corrected chi connectivity index (χ3v) is 4.31. The molecule has 2 N–H and O–H groups in total. The van der Waals surface area contributed by atoms with Crippen molar-refractivity contribution in [2.24, 2.45) is 5.92 Å². The van der Waals surface area contributed by atoms with Crippen LogP contribution in [0.1, 0.15) is 25.8 Å². The first-order valence-electron chi connectivity index (χ1n) is 7.91. The zero-order valence-electron chi connectivity index (χ0n) is 13.6. The van der Waals surface area contributed by atoms with E-state index >= 15 is 0 Å². The Labute approximate surface area is 139 Å². The molecule has 1 aliphatic carbocycles. The van der Waals surface area contributed by atoms with Crippen LogP contribution >= 0.6 is 0 Å². The number of carboxylic acid groups (broad SMARTS) is 1. The minimum absolute atomic E-state index is 0.119. The van der Waals surface area contributed by atoms with Gasteiger partial charge in [0, 0.05) is 0 Å². The first kappa shape index (κ1) is 16.7. The van der Waals surface area contributed by atoms with Crippen LogP contribution in [0.4, 0.5) is 4.79 Å². The van der Waals surface area contributed by atoms with Crippen LogP contribution in [0, 0.1) is 5.92 Å². The summed E-state index contributed by atoms with van der Waals surface area (Å²) in [5.74, 6) is -2.53. The molecule has 24 heavy (non-hydrogen) atoms. The first-order valence-corrected chi connectivity index (χ1v) is 7.91. The van der Waals surface area contributed by atoms with Crippen LogP contribution in [0.15, 0.2) is 30.3 Å². The van der Waals surface area contributed by atoms with Gasteiger partial charge < -0.3 is 24.6 Å². The number of amides is 1. The van der Waals surface area contributed by atoms with Crippen molar-refractivity contribution in [2.45, 2.75) is 50.9 Å². The molecule has 4 atom stereocenters. The Morgan fingerprint density at radius 2 is 2.00 bits per heavy atom. The van der Waals surface area contributed by atoms with Gasteiger partial charge in [0.25, 0.3) is 0 Å². The third kappa shape index (κ3) is 3.52. The average Bonchev–Trinajstić information content (AvgIpc) is 2.99. The van der Waals surface area contributed by atoms with E-state index in [1.807, 2.05) is 30.3 Å². The highest BCUT2D eigenvalue weighted by atomic mass is 16.8. The first-order chi connectivity index (χ1) is 11.4. The number of fused-ring (bicyclic) bond motifs is 1. The number of hydrogen-bond acceptors (Lipinski definition) is 5. The van der Waals surface area contributed by atoms with Gasteiger partial charge in [-0.15, -0.1) is 0 Å². The highest BCUT2D eigenvalue weighted by Gasteiger charge is 2.56. The van der Waals surface area contributed by atoms with Gasteiger partial charge in [-0.3, -0.25) is 4.79 Å². The standard InChI is InChI=1S/C17H21NO6/c1-17(2)23-12-8-11(15(19)20)13(14(12)24-17)18-16(21)22-9-10-6-4-3-5-7-10/h3-7,11-14H,8-9H2,1-2H3,(H,18,21)(H,19,20)/t11-,12-,13+,14-/m0/s1. The summed E-state index contributed by atoms with van der Waals surface area (Å²) in [6.07, 6.45) is -1.21. The minimum atomic E-state index is -0.984. The molecule has 2 aliphatic rings. The van der Waals surface area contributed by atoms with E-state index < -0.39 is 35.9 Å². The van der Waals surface area contributed by atoms with Gasteiger partial charge in [-0.05, 0) is 25.8 Å². The van der Waals surface area contributed by atoms with Crippen molar-refractivity contribution in [1.29, 1.82) is 0 Å². The summed E-state index contributed by atoms with van der Waals surface area (Å²) in [5.41, 5.74) is 0.855. The summed E-state index contributed by atoms with van der Waals surface area (Å²) in [7, 11) is 0. The van der Waals surface area contributed by atoms with Crippen molar-refractivity contribution in [1.82, 2.24) is 5.32 Å². The lowest BCUT2D eigenvalue weighted by Crippen LogP contribution is -2.48. The average molecular weight is 335 g/mol. The lowest BCUT2D eigenvalue weighted by atomic mass is 10.0. The number of benzene rings is 1. The van der Waals surface area contributed by atoms with Crippen LogP contribution in [0.5, 0.6) is 0 Å². The topological polar surface area (TPSA) is 94.1 Å².